The lowest BCUT2D eigenvalue weighted by atomic mass is 10.2. The van der Waals surface area contributed by atoms with Gasteiger partial charge >= 0.3 is 0 Å². The van der Waals surface area contributed by atoms with E-state index in [0.29, 0.717) is 31.9 Å². The molecule has 124 valence electrons. The highest BCUT2D eigenvalue weighted by Crippen LogP contribution is 2.13. The second-order valence-electron chi connectivity index (χ2n) is 5.36. The summed E-state index contributed by atoms with van der Waals surface area (Å²) in [5.74, 6) is -0.193. The van der Waals surface area contributed by atoms with E-state index in [1.54, 1.807) is 10.7 Å². The van der Waals surface area contributed by atoms with E-state index in [1.165, 1.54) is 5.56 Å². The van der Waals surface area contributed by atoms with Crippen LogP contribution in [0.25, 0.3) is 5.69 Å². The Bertz CT molecular complexity index is 635. The van der Waals surface area contributed by atoms with Crippen molar-refractivity contribution in [3.8, 4) is 5.69 Å². The third-order valence-electron chi connectivity index (χ3n) is 3.39. The molecule has 0 atom stereocenters. The Labute approximate surface area is 136 Å². The molecule has 6 nitrogen and oxygen atoms in total. The van der Waals surface area contributed by atoms with E-state index in [0.717, 1.165) is 11.4 Å². The zero-order valence-electron chi connectivity index (χ0n) is 13.6. The van der Waals surface area contributed by atoms with E-state index in [1.807, 2.05) is 38.1 Å². The van der Waals surface area contributed by atoms with Gasteiger partial charge in [-0.15, -0.1) is 0 Å². The van der Waals surface area contributed by atoms with Crippen molar-refractivity contribution in [2.45, 2.75) is 20.3 Å². The first-order chi connectivity index (χ1) is 11.1. The Morgan fingerprint density at radius 3 is 2.70 bits per heavy atom. The molecule has 23 heavy (non-hydrogen) atoms. The van der Waals surface area contributed by atoms with Crippen molar-refractivity contribution in [2.75, 3.05) is 26.4 Å². The van der Waals surface area contributed by atoms with Crippen molar-refractivity contribution in [1.82, 2.24) is 15.1 Å². The van der Waals surface area contributed by atoms with Gasteiger partial charge in [-0.2, -0.15) is 5.10 Å². The summed E-state index contributed by atoms with van der Waals surface area (Å²) in [4.78, 5) is 12.1. The Kier molecular flexibility index (Phi) is 6.31. The second-order valence-corrected chi connectivity index (χ2v) is 5.36. The first kappa shape index (κ1) is 17.2. The van der Waals surface area contributed by atoms with Gasteiger partial charge in [0.2, 0.25) is 0 Å². The quantitative estimate of drug-likeness (QED) is 0.725. The van der Waals surface area contributed by atoms with Crippen LogP contribution in [-0.2, 0) is 4.74 Å². The Hall–Kier alpha value is -2.18. The molecule has 2 aromatic rings. The van der Waals surface area contributed by atoms with Crippen molar-refractivity contribution >= 4 is 5.91 Å². The zero-order chi connectivity index (χ0) is 16.7. The number of aromatic nitrogens is 2. The molecule has 0 unspecified atom stereocenters. The molecule has 1 heterocycles. The molecule has 0 saturated heterocycles. The van der Waals surface area contributed by atoms with Crippen molar-refractivity contribution in [3.05, 3.63) is 47.3 Å². The zero-order valence-corrected chi connectivity index (χ0v) is 13.6. The second kappa shape index (κ2) is 8.45. The van der Waals surface area contributed by atoms with Gasteiger partial charge in [0.15, 0.2) is 5.69 Å². The summed E-state index contributed by atoms with van der Waals surface area (Å²) < 4.78 is 6.90. The van der Waals surface area contributed by atoms with Crippen LogP contribution < -0.4 is 5.32 Å². The number of amides is 1. The van der Waals surface area contributed by atoms with E-state index < -0.39 is 0 Å². The van der Waals surface area contributed by atoms with E-state index >= 15 is 0 Å². The van der Waals surface area contributed by atoms with Crippen LogP contribution in [0.3, 0.4) is 0 Å². The number of aryl methyl sites for hydroxylation is 2. The first-order valence-corrected chi connectivity index (χ1v) is 7.72. The fourth-order valence-corrected chi connectivity index (χ4v) is 2.17. The minimum Gasteiger partial charge on any atom is -0.394 e. The first-order valence-electron chi connectivity index (χ1n) is 7.72. The SMILES string of the molecule is Cc1ccc(-n2nc(C(=O)NCCCOCCO)cc2C)cc1. The van der Waals surface area contributed by atoms with Crippen LogP contribution in [0.4, 0.5) is 0 Å². The molecule has 2 rings (SSSR count). The molecule has 0 aliphatic heterocycles. The molecule has 0 spiro atoms. The highest BCUT2D eigenvalue weighted by molar-refractivity contribution is 5.92. The summed E-state index contributed by atoms with van der Waals surface area (Å²) in [5.41, 5.74) is 3.43. The molecule has 1 amide bonds. The maximum atomic E-state index is 12.1. The van der Waals surface area contributed by atoms with Gasteiger partial charge in [-0.1, -0.05) is 17.7 Å². The molecule has 1 aromatic carbocycles. The standard InChI is InChI=1S/C17H23N3O3/c1-13-4-6-15(7-5-13)20-14(2)12-16(19-20)17(22)18-8-3-10-23-11-9-21/h4-7,12,21H,3,8-11H2,1-2H3,(H,18,22). The topological polar surface area (TPSA) is 76.4 Å². The molecule has 0 bridgehead atoms. The fraction of sp³-hybridized carbons (Fsp3) is 0.412. The van der Waals surface area contributed by atoms with Crippen LogP contribution in [0.5, 0.6) is 0 Å². The number of rotatable bonds is 8. The molecule has 1 aromatic heterocycles. The summed E-state index contributed by atoms with van der Waals surface area (Å²) in [6.07, 6.45) is 0.698. The van der Waals surface area contributed by atoms with Gasteiger partial charge in [0.25, 0.3) is 5.91 Å². The smallest absolute Gasteiger partial charge is 0.271 e. The fourth-order valence-electron chi connectivity index (χ4n) is 2.17. The molecular weight excluding hydrogens is 294 g/mol. The predicted molar refractivity (Wildman–Crippen MR) is 87.9 cm³/mol. The average Bonchev–Trinajstić information content (AvgIpc) is 2.93. The lowest BCUT2D eigenvalue weighted by Gasteiger charge is -2.05. The number of carbonyl (C=O) groups is 1. The largest absolute Gasteiger partial charge is 0.394 e. The number of carbonyl (C=O) groups excluding carboxylic acids is 1. The Balaban J connectivity index is 1.92. The normalized spacial score (nSPS) is 10.7. The average molecular weight is 317 g/mol. The number of nitrogens with one attached hydrogen (secondary N) is 1. The third kappa shape index (κ3) is 4.91. The highest BCUT2D eigenvalue weighted by atomic mass is 16.5. The highest BCUT2D eigenvalue weighted by Gasteiger charge is 2.12. The summed E-state index contributed by atoms with van der Waals surface area (Å²) >= 11 is 0. The molecule has 6 heteroatoms. The van der Waals surface area contributed by atoms with E-state index in [4.69, 9.17) is 9.84 Å². The van der Waals surface area contributed by atoms with Crippen molar-refractivity contribution in [1.29, 1.82) is 0 Å². The van der Waals surface area contributed by atoms with Gasteiger partial charge in [-0.05, 0) is 38.5 Å². The summed E-state index contributed by atoms with van der Waals surface area (Å²) in [6, 6.07) is 9.77. The number of hydrogen-bond donors (Lipinski definition) is 2. The molecule has 0 radical (unpaired) electrons. The predicted octanol–water partition coefficient (Wildman–Crippen LogP) is 1.62. The minimum absolute atomic E-state index is 0.0160. The van der Waals surface area contributed by atoms with Gasteiger partial charge in [0.05, 0.1) is 18.9 Å². The summed E-state index contributed by atoms with van der Waals surface area (Å²) in [7, 11) is 0. The van der Waals surface area contributed by atoms with Gasteiger partial charge in [-0.25, -0.2) is 4.68 Å². The molecular formula is C17H23N3O3. The maximum absolute atomic E-state index is 12.1. The third-order valence-corrected chi connectivity index (χ3v) is 3.39. The number of aliphatic hydroxyl groups is 1. The van der Waals surface area contributed by atoms with E-state index in [2.05, 4.69) is 10.4 Å². The van der Waals surface area contributed by atoms with Crippen LogP contribution >= 0.6 is 0 Å². The van der Waals surface area contributed by atoms with Crippen LogP contribution in [-0.4, -0.2) is 47.2 Å². The monoisotopic (exact) mass is 317 g/mol. The molecule has 0 saturated carbocycles. The summed E-state index contributed by atoms with van der Waals surface area (Å²) in [6.45, 7) is 5.32. The van der Waals surface area contributed by atoms with E-state index in [9.17, 15) is 4.79 Å². The minimum atomic E-state index is -0.193. The Morgan fingerprint density at radius 2 is 2.00 bits per heavy atom. The number of aliphatic hydroxyl groups excluding tert-OH is 1. The van der Waals surface area contributed by atoms with Crippen molar-refractivity contribution in [2.24, 2.45) is 0 Å². The van der Waals surface area contributed by atoms with Crippen molar-refractivity contribution < 1.29 is 14.6 Å². The molecule has 0 aliphatic rings. The van der Waals surface area contributed by atoms with Gasteiger partial charge in [0, 0.05) is 18.8 Å². The van der Waals surface area contributed by atoms with Gasteiger partial charge in [0.1, 0.15) is 0 Å². The number of ether oxygens (including phenoxy) is 1. The molecule has 2 N–H and O–H groups in total. The number of benzene rings is 1. The number of hydrogen-bond acceptors (Lipinski definition) is 4. The van der Waals surface area contributed by atoms with Gasteiger partial charge in [-0.3, -0.25) is 4.79 Å². The van der Waals surface area contributed by atoms with Crippen LogP contribution in [0.15, 0.2) is 30.3 Å². The summed E-state index contributed by atoms with van der Waals surface area (Å²) in [5, 5.41) is 15.8. The Morgan fingerprint density at radius 1 is 1.26 bits per heavy atom. The van der Waals surface area contributed by atoms with E-state index in [-0.39, 0.29) is 12.5 Å². The van der Waals surface area contributed by atoms with Crippen LogP contribution in [0.2, 0.25) is 0 Å². The maximum Gasteiger partial charge on any atom is 0.271 e. The van der Waals surface area contributed by atoms with Crippen LogP contribution in [0, 0.1) is 13.8 Å². The lowest BCUT2D eigenvalue weighted by molar-refractivity contribution is 0.0865. The molecule has 0 aliphatic carbocycles. The van der Waals surface area contributed by atoms with Gasteiger partial charge < -0.3 is 15.2 Å². The number of nitrogens with zero attached hydrogens (tertiary/aromatic N) is 2. The molecule has 0 fully saturated rings. The lowest BCUT2D eigenvalue weighted by Crippen LogP contribution is -2.26. The van der Waals surface area contributed by atoms with Crippen LogP contribution in [0.1, 0.15) is 28.2 Å². The van der Waals surface area contributed by atoms with Crippen molar-refractivity contribution in [3.63, 3.8) is 0 Å².